The lowest BCUT2D eigenvalue weighted by Crippen LogP contribution is -2.61. The van der Waals surface area contributed by atoms with Crippen molar-refractivity contribution in [3.8, 4) is 0 Å². The van der Waals surface area contributed by atoms with E-state index in [1.807, 2.05) is 0 Å². The van der Waals surface area contributed by atoms with Gasteiger partial charge in [-0.1, -0.05) is 0 Å². The van der Waals surface area contributed by atoms with Gasteiger partial charge in [0.05, 0.1) is 18.5 Å². The molecule has 1 aromatic heterocycles. The number of carbonyl (C=O) groups excluding carboxylic acids is 4. The molecule has 6 atom stereocenters. The molecule has 1 rings (SSSR count). The molecule has 11 N–H and O–H groups in total. The van der Waals surface area contributed by atoms with Crippen LogP contribution >= 0.6 is 0 Å². The number of aromatic nitrogens is 2. The van der Waals surface area contributed by atoms with E-state index < -0.39 is 66.0 Å². The molecule has 15 nitrogen and oxygen atoms in total. The van der Waals surface area contributed by atoms with E-state index in [1.54, 1.807) is 0 Å². The lowest BCUT2D eigenvalue weighted by atomic mass is 10.1. The minimum atomic E-state index is -1.54. The van der Waals surface area contributed by atoms with E-state index in [0.29, 0.717) is 5.69 Å². The van der Waals surface area contributed by atoms with Crippen molar-refractivity contribution in [2.75, 3.05) is 0 Å². The molecule has 0 fully saturated rings. The van der Waals surface area contributed by atoms with Crippen LogP contribution in [0.2, 0.25) is 0 Å². The number of hydrogen-bond acceptors (Lipinski definition) is 9. The second kappa shape index (κ2) is 13.2. The highest BCUT2D eigenvalue weighted by Crippen LogP contribution is 2.05. The number of primary amides is 1. The largest absolute Gasteiger partial charge is 0.480 e. The van der Waals surface area contributed by atoms with Crippen LogP contribution in [0.5, 0.6) is 0 Å². The van der Waals surface area contributed by atoms with Crippen LogP contribution < -0.4 is 27.4 Å². The van der Waals surface area contributed by atoms with Crippen molar-refractivity contribution in [2.24, 2.45) is 11.5 Å². The van der Waals surface area contributed by atoms with E-state index in [2.05, 4.69) is 25.9 Å². The Morgan fingerprint density at radius 3 is 2.09 bits per heavy atom. The molecule has 0 aliphatic carbocycles. The molecule has 0 aliphatic heterocycles. The maximum atomic E-state index is 12.8. The van der Waals surface area contributed by atoms with Gasteiger partial charge in [-0.15, -0.1) is 0 Å². The van der Waals surface area contributed by atoms with Crippen LogP contribution in [0.4, 0.5) is 0 Å². The van der Waals surface area contributed by atoms with Gasteiger partial charge in [0, 0.05) is 24.7 Å². The molecule has 0 saturated heterocycles. The number of amides is 4. The highest BCUT2D eigenvalue weighted by molar-refractivity contribution is 5.94. The van der Waals surface area contributed by atoms with Crippen molar-refractivity contribution in [2.45, 2.75) is 69.5 Å². The Balaban J connectivity index is 3.04. The maximum absolute atomic E-state index is 12.8. The summed E-state index contributed by atoms with van der Waals surface area (Å²) in [6.45, 7) is 2.48. The maximum Gasteiger partial charge on any atom is 0.326 e. The molecule has 1 heterocycles. The monoisotopic (exact) mass is 485 g/mol. The number of nitrogens with two attached hydrogens (primary N) is 2. The second-order valence-corrected chi connectivity index (χ2v) is 7.74. The average Bonchev–Trinajstić information content (AvgIpc) is 3.25. The summed E-state index contributed by atoms with van der Waals surface area (Å²) in [5.41, 5.74) is 11.0. The number of carbonyl (C=O) groups is 5. The molecule has 0 radical (unpaired) electrons. The van der Waals surface area contributed by atoms with Crippen LogP contribution in [0.25, 0.3) is 0 Å². The zero-order chi connectivity index (χ0) is 26.0. The summed E-state index contributed by atoms with van der Waals surface area (Å²) in [5.74, 6) is -4.96. The van der Waals surface area contributed by atoms with E-state index in [-0.39, 0.29) is 19.3 Å². The molecule has 0 aliphatic rings. The van der Waals surface area contributed by atoms with Crippen molar-refractivity contribution in [3.05, 3.63) is 18.2 Å². The van der Waals surface area contributed by atoms with Gasteiger partial charge in [0.1, 0.15) is 24.2 Å². The van der Waals surface area contributed by atoms with Gasteiger partial charge in [-0.3, -0.25) is 19.2 Å². The quantitative estimate of drug-likeness (QED) is 0.123. The van der Waals surface area contributed by atoms with E-state index >= 15 is 0 Å². The predicted octanol–water partition coefficient (Wildman–Crippen LogP) is -4.15. The topological polar surface area (TPSA) is 263 Å². The molecular formula is C19H31N7O8. The third-order valence-corrected chi connectivity index (χ3v) is 4.79. The van der Waals surface area contributed by atoms with Gasteiger partial charge in [0.2, 0.25) is 23.6 Å². The Labute approximate surface area is 194 Å². The van der Waals surface area contributed by atoms with Gasteiger partial charge < -0.3 is 47.7 Å². The summed E-state index contributed by atoms with van der Waals surface area (Å²) >= 11 is 0. The highest BCUT2D eigenvalue weighted by Gasteiger charge is 2.33. The van der Waals surface area contributed by atoms with Gasteiger partial charge in [0.25, 0.3) is 0 Å². The Morgan fingerprint density at radius 1 is 1.00 bits per heavy atom. The summed E-state index contributed by atoms with van der Waals surface area (Å²) in [4.78, 5) is 66.8. The molecule has 34 heavy (non-hydrogen) atoms. The molecule has 0 bridgehead atoms. The zero-order valence-corrected chi connectivity index (χ0v) is 18.7. The number of H-pyrrole nitrogens is 1. The number of aliphatic hydroxyl groups is 2. The first-order valence-electron chi connectivity index (χ1n) is 10.3. The third kappa shape index (κ3) is 9.13. The Kier molecular flexibility index (Phi) is 11.1. The fourth-order valence-electron chi connectivity index (χ4n) is 2.78. The van der Waals surface area contributed by atoms with Gasteiger partial charge in [-0.25, -0.2) is 9.78 Å². The van der Waals surface area contributed by atoms with E-state index in [0.717, 1.165) is 0 Å². The average molecular weight is 485 g/mol. The van der Waals surface area contributed by atoms with Gasteiger partial charge in [-0.05, 0) is 20.3 Å². The molecule has 6 unspecified atom stereocenters. The first-order valence-corrected chi connectivity index (χ1v) is 10.3. The molecule has 4 amide bonds. The van der Waals surface area contributed by atoms with E-state index in [9.17, 15) is 39.3 Å². The summed E-state index contributed by atoms with van der Waals surface area (Å²) in [7, 11) is 0. The number of nitrogens with one attached hydrogen (secondary N) is 4. The van der Waals surface area contributed by atoms with Crippen LogP contribution in [-0.2, 0) is 30.4 Å². The number of nitrogens with zero attached hydrogens (tertiary/aromatic N) is 1. The number of aromatic amines is 1. The first kappa shape index (κ1) is 28.5. The Bertz CT molecular complexity index is 859. The van der Waals surface area contributed by atoms with Crippen molar-refractivity contribution in [1.82, 2.24) is 25.9 Å². The number of imidazole rings is 1. The Morgan fingerprint density at radius 2 is 1.62 bits per heavy atom. The smallest absolute Gasteiger partial charge is 0.326 e. The standard InChI is InChI=1S/C19H31N7O8/c1-8(27)14(21)17(31)26-15(9(2)28)18(32)25-12(5-10-6-22-7-23-10)16(30)24-11(19(33)34)3-4-13(20)29/h6-9,11-12,14-15,27-28H,3-5,21H2,1-2H3,(H2,20,29)(H,22,23)(H,24,30)(H,25,32)(H,26,31)(H,33,34). The molecule has 15 heteroatoms. The van der Waals surface area contributed by atoms with Crippen LogP contribution in [0.1, 0.15) is 32.4 Å². The SMILES string of the molecule is CC(O)C(N)C(=O)NC(C(=O)NC(Cc1cnc[nH]1)C(=O)NC(CCC(N)=O)C(=O)O)C(C)O. The predicted molar refractivity (Wildman–Crippen MR) is 115 cm³/mol. The highest BCUT2D eigenvalue weighted by atomic mass is 16.4. The summed E-state index contributed by atoms with van der Waals surface area (Å²) in [5, 5.41) is 35.6. The van der Waals surface area contributed by atoms with E-state index in [1.165, 1.54) is 26.4 Å². The number of rotatable bonds is 14. The summed E-state index contributed by atoms with van der Waals surface area (Å²) in [6, 6.07) is -5.73. The molecule has 1 aromatic rings. The van der Waals surface area contributed by atoms with Crippen molar-refractivity contribution in [3.63, 3.8) is 0 Å². The van der Waals surface area contributed by atoms with Crippen molar-refractivity contribution < 1.29 is 39.3 Å². The van der Waals surface area contributed by atoms with E-state index in [4.69, 9.17) is 11.5 Å². The summed E-state index contributed by atoms with van der Waals surface area (Å²) < 4.78 is 0. The number of aliphatic carboxylic acids is 1. The van der Waals surface area contributed by atoms with Gasteiger partial charge in [0.15, 0.2) is 0 Å². The number of carboxylic acid groups (broad SMARTS) is 1. The summed E-state index contributed by atoms with van der Waals surface area (Å²) in [6.07, 6.45) is -0.653. The molecule has 0 saturated carbocycles. The molecule has 0 spiro atoms. The third-order valence-electron chi connectivity index (χ3n) is 4.79. The first-order chi connectivity index (χ1) is 15.8. The van der Waals surface area contributed by atoms with Crippen LogP contribution in [0, 0.1) is 0 Å². The number of aliphatic hydroxyl groups excluding tert-OH is 2. The van der Waals surface area contributed by atoms with Crippen molar-refractivity contribution in [1.29, 1.82) is 0 Å². The molecule has 190 valence electrons. The van der Waals surface area contributed by atoms with Crippen LogP contribution in [-0.4, -0.2) is 91.3 Å². The van der Waals surface area contributed by atoms with Crippen molar-refractivity contribution >= 4 is 29.6 Å². The van der Waals surface area contributed by atoms with Crippen LogP contribution in [0.15, 0.2) is 12.5 Å². The van der Waals surface area contributed by atoms with Gasteiger partial charge >= 0.3 is 5.97 Å². The molecule has 0 aromatic carbocycles. The number of hydrogen-bond donors (Lipinski definition) is 9. The fourth-order valence-corrected chi connectivity index (χ4v) is 2.78. The lowest BCUT2D eigenvalue weighted by molar-refractivity contribution is -0.142. The minimum absolute atomic E-state index is 0.145. The van der Waals surface area contributed by atoms with Crippen LogP contribution in [0.3, 0.4) is 0 Å². The van der Waals surface area contributed by atoms with Gasteiger partial charge in [-0.2, -0.15) is 0 Å². The minimum Gasteiger partial charge on any atom is -0.480 e. The normalized spacial score (nSPS) is 16.3. The Hall–Kier alpha value is -3.56. The lowest BCUT2D eigenvalue weighted by Gasteiger charge is -2.26. The molecular weight excluding hydrogens is 454 g/mol. The second-order valence-electron chi connectivity index (χ2n) is 7.74. The zero-order valence-electron chi connectivity index (χ0n) is 18.7. The fraction of sp³-hybridized carbons (Fsp3) is 0.579. The number of carboxylic acids is 1.